The maximum atomic E-state index is 12.4. The molecule has 1 aromatic carbocycles. The van der Waals surface area contributed by atoms with Crippen molar-refractivity contribution in [1.82, 2.24) is 14.9 Å². The predicted octanol–water partition coefficient (Wildman–Crippen LogP) is 3.37. The highest BCUT2D eigenvalue weighted by molar-refractivity contribution is 7.07. The van der Waals surface area contributed by atoms with E-state index in [1.807, 2.05) is 24.3 Å². The second-order valence-corrected chi connectivity index (χ2v) is 7.08. The van der Waals surface area contributed by atoms with Gasteiger partial charge in [-0.05, 0) is 35.7 Å². The molecule has 3 aromatic rings. The van der Waals surface area contributed by atoms with Crippen LogP contribution in [0.5, 0.6) is 0 Å². The van der Waals surface area contributed by atoms with Crippen molar-refractivity contribution in [2.24, 2.45) is 0 Å². The summed E-state index contributed by atoms with van der Waals surface area (Å²) in [5, 5.41) is 4.28. The molecule has 0 fully saturated rings. The minimum Gasteiger partial charge on any atom is -0.306 e. The van der Waals surface area contributed by atoms with E-state index in [0.717, 1.165) is 42.9 Å². The Labute approximate surface area is 144 Å². The molecule has 0 spiro atoms. The quantitative estimate of drug-likeness (QED) is 0.797. The Morgan fingerprint density at radius 2 is 2.08 bits per heavy atom. The van der Waals surface area contributed by atoms with Crippen LogP contribution in [0.1, 0.15) is 22.4 Å². The summed E-state index contributed by atoms with van der Waals surface area (Å²) in [5.41, 5.74) is 5.23. The van der Waals surface area contributed by atoms with Gasteiger partial charge in [-0.15, -0.1) is 0 Å². The predicted molar refractivity (Wildman–Crippen MR) is 97.2 cm³/mol. The first-order chi connectivity index (χ1) is 11.7. The molecule has 3 heterocycles. The zero-order valence-electron chi connectivity index (χ0n) is 13.6. The number of nitrogens with one attached hydrogen (secondary N) is 1. The second kappa shape index (κ2) is 6.34. The Hall–Kier alpha value is -2.24. The summed E-state index contributed by atoms with van der Waals surface area (Å²) in [6, 6.07) is 10.2. The number of aryl methyl sites for hydroxylation is 1. The van der Waals surface area contributed by atoms with Gasteiger partial charge in [0, 0.05) is 30.8 Å². The lowest BCUT2D eigenvalue weighted by Crippen LogP contribution is -2.34. The maximum absolute atomic E-state index is 12.4. The Bertz CT molecular complexity index is 897. The normalized spacial score (nSPS) is 14.5. The number of H-pyrrole nitrogens is 1. The fourth-order valence-corrected chi connectivity index (χ4v) is 3.78. The van der Waals surface area contributed by atoms with Gasteiger partial charge in [0.1, 0.15) is 5.82 Å². The number of rotatable bonds is 3. The second-order valence-electron chi connectivity index (χ2n) is 6.30. The van der Waals surface area contributed by atoms with E-state index in [2.05, 4.69) is 33.6 Å². The topological polar surface area (TPSA) is 49.0 Å². The molecule has 0 bridgehead atoms. The Kier molecular flexibility index (Phi) is 4.04. The average molecular weight is 337 g/mol. The van der Waals surface area contributed by atoms with Gasteiger partial charge in [0.2, 0.25) is 0 Å². The van der Waals surface area contributed by atoms with E-state index in [-0.39, 0.29) is 5.56 Å². The molecule has 1 aliphatic heterocycles. The Morgan fingerprint density at radius 1 is 1.25 bits per heavy atom. The fraction of sp³-hybridized carbons (Fsp3) is 0.263. The summed E-state index contributed by atoms with van der Waals surface area (Å²) in [6.45, 7) is 4.60. The Morgan fingerprint density at radius 3 is 2.83 bits per heavy atom. The molecule has 0 saturated heterocycles. The molecule has 0 radical (unpaired) electrons. The summed E-state index contributed by atoms with van der Waals surface area (Å²) in [7, 11) is 0. The van der Waals surface area contributed by atoms with E-state index in [0.29, 0.717) is 5.82 Å². The molecule has 4 nitrogen and oxygen atoms in total. The molecule has 0 amide bonds. The van der Waals surface area contributed by atoms with Gasteiger partial charge in [-0.1, -0.05) is 29.8 Å². The van der Waals surface area contributed by atoms with Gasteiger partial charge < -0.3 is 4.98 Å². The van der Waals surface area contributed by atoms with Gasteiger partial charge in [0.15, 0.2) is 0 Å². The zero-order chi connectivity index (χ0) is 16.5. The summed E-state index contributed by atoms with van der Waals surface area (Å²) < 4.78 is 0. The van der Waals surface area contributed by atoms with E-state index >= 15 is 0 Å². The number of benzene rings is 1. The maximum Gasteiger partial charge on any atom is 0.254 e. The van der Waals surface area contributed by atoms with Crippen LogP contribution in [0, 0.1) is 6.92 Å². The van der Waals surface area contributed by atoms with Crippen LogP contribution in [0.15, 0.2) is 45.9 Å². The van der Waals surface area contributed by atoms with Crippen LogP contribution < -0.4 is 5.56 Å². The summed E-state index contributed by atoms with van der Waals surface area (Å²) in [4.78, 5) is 22.5. The molecule has 0 saturated carbocycles. The smallest absolute Gasteiger partial charge is 0.254 e. The average Bonchev–Trinajstić information content (AvgIpc) is 3.08. The number of nitrogens with zero attached hydrogens (tertiary/aromatic N) is 2. The number of hydrogen-bond acceptors (Lipinski definition) is 4. The first-order valence-corrected chi connectivity index (χ1v) is 9.06. The van der Waals surface area contributed by atoms with E-state index in [1.165, 1.54) is 11.1 Å². The molecule has 4 rings (SSSR count). The van der Waals surface area contributed by atoms with Crippen molar-refractivity contribution < 1.29 is 0 Å². The largest absolute Gasteiger partial charge is 0.306 e. The van der Waals surface area contributed by atoms with Gasteiger partial charge in [0.05, 0.1) is 5.69 Å². The minimum atomic E-state index is 0.00533. The van der Waals surface area contributed by atoms with Gasteiger partial charge >= 0.3 is 0 Å². The molecule has 0 atom stereocenters. The third-order valence-corrected chi connectivity index (χ3v) is 5.20. The van der Waals surface area contributed by atoms with Gasteiger partial charge in [-0.3, -0.25) is 9.69 Å². The van der Waals surface area contributed by atoms with Crippen LogP contribution in [0.4, 0.5) is 0 Å². The minimum absolute atomic E-state index is 0.00533. The lowest BCUT2D eigenvalue weighted by atomic mass is 10.1. The SMILES string of the molecule is Cc1ccc(-c2nc3c(c(=O)[nH]2)CCN(Cc2ccsc2)C3)cc1. The number of aromatic amines is 1. The lowest BCUT2D eigenvalue weighted by molar-refractivity contribution is 0.241. The van der Waals surface area contributed by atoms with E-state index < -0.39 is 0 Å². The van der Waals surface area contributed by atoms with Crippen molar-refractivity contribution >= 4 is 11.3 Å². The van der Waals surface area contributed by atoms with Crippen molar-refractivity contribution in [3.63, 3.8) is 0 Å². The van der Waals surface area contributed by atoms with Crippen molar-refractivity contribution in [3.05, 3.63) is 73.8 Å². The van der Waals surface area contributed by atoms with E-state index in [4.69, 9.17) is 4.98 Å². The number of thiophene rings is 1. The van der Waals surface area contributed by atoms with Gasteiger partial charge in [-0.2, -0.15) is 11.3 Å². The monoisotopic (exact) mass is 337 g/mol. The van der Waals surface area contributed by atoms with Crippen LogP contribution in [-0.4, -0.2) is 21.4 Å². The molecule has 2 aromatic heterocycles. The van der Waals surface area contributed by atoms with Crippen molar-refractivity contribution in [1.29, 1.82) is 0 Å². The fourth-order valence-electron chi connectivity index (χ4n) is 3.12. The van der Waals surface area contributed by atoms with Crippen LogP contribution >= 0.6 is 11.3 Å². The van der Waals surface area contributed by atoms with Crippen LogP contribution in [0.2, 0.25) is 0 Å². The van der Waals surface area contributed by atoms with Crippen molar-refractivity contribution in [2.45, 2.75) is 26.4 Å². The highest BCUT2D eigenvalue weighted by atomic mass is 32.1. The summed E-state index contributed by atoms with van der Waals surface area (Å²) >= 11 is 1.72. The molecular formula is C19H19N3OS. The molecule has 1 aliphatic rings. The molecular weight excluding hydrogens is 318 g/mol. The highest BCUT2D eigenvalue weighted by Gasteiger charge is 2.21. The zero-order valence-corrected chi connectivity index (χ0v) is 14.4. The van der Waals surface area contributed by atoms with Crippen LogP contribution in [-0.2, 0) is 19.5 Å². The number of hydrogen-bond donors (Lipinski definition) is 1. The first-order valence-electron chi connectivity index (χ1n) is 8.11. The number of aromatic nitrogens is 2. The third kappa shape index (κ3) is 3.05. The molecule has 5 heteroatoms. The highest BCUT2D eigenvalue weighted by Crippen LogP contribution is 2.21. The molecule has 122 valence electrons. The summed E-state index contributed by atoms with van der Waals surface area (Å²) in [5.74, 6) is 0.663. The third-order valence-electron chi connectivity index (χ3n) is 4.46. The van der Waals surface area contributed by atoms with Crippen LogP contribution in [0.3, 0.4) is 0 Å². The number of fused-ring (bicyclic) bond motifs is 1. The first kappa shape index (κ1) is 15.3. The molecule has 24 heavy (non-hydrogen) atoms. The van der Waals surface area contributed by atoms with Crippen molar-refractivity contribution in [3.8, 4) is 11.4 Å². The standard InChI is InChI=1S/C19H19N3OS/c1-13-2-4-15(5-3-13)18-20-17-11-22(10-14-7-9-24-12-14)8-6-16(17)19(23)21-18/h2-5,7,9,12H,6,8,10-11H2,1H3,(H,20,21,23). The summed E-state index contributed by atoms with van der Waals surface area (Å²) in [6.07, 6.45) is 0.760. The van der Waals surface area contributed by atoms with Gasteiger partial charge in [-0.25, -0.2) is 4.98 Å². The Balaban J connectivity index is 1.64. The molecule has 0 aliphatic carbocycles. The van der Waals surface area contributed by atoms with Gasteiger partial charge in [0.25, 0.3) is 5.56 Å². The molecule has 1 N–H and O–H groups in total. The lowest BCUT2D eigenvalue weighted by Gasteiger charge is -2.27. The van der Waals surface area contributed by atoms with E-state index in [9.17, 15) is 4.79 Å². The van der Waals surface area contributed by atoms with E-state index in [1.54, 1.807) is 11.3 Å². The van der Waals surface area contributed by atoms with Crippen molar-refractivity contribution in [2.75, 3.05) is 6.54 Å². The molecule has 0 unspecified atom stereocenters. The van der Waals surface area contributed by atoms with Crippen LogP contribution in [0.25, 0.3) is 11.4 Å².